The van der Waals surface area contributed by atoms with Gasteiger partial charge in [0.25, 0.3) is 11.6 Å². The number of benzene rings is 2. The fourth-order valence-corrected chi connectivity index (χ4v) is 3.12. The van der Waals surface area contributed by atoms with Gasteiger partial charge < -0.3 is 10.6 Å². The molecule has 0 aliphatic heterocycles. The van der Waals surface area contributed by atoms with Crippen molar-refractivity contribution in [1.29, 1.82) is 0 Å². The van der Waals surface area contributed by atoms with Crippen LogP contribution in [0.25, 0.3) is 0 Å². The predicted octanol–water partition coefficient (Wildman–Crippen LogP) is 4.19. The summed E-state index contributed by atoms with van der Waals surface area (Å²) in [4.78, 5) is 25.7. The van der Waals surface area contributed by atoms with Crippen LogP contribution in [0.4, 0.5) is 17.1 Å². The van der Waals surface area contributed by atoms with Crippen LogP contribution in [0.2, 0.25) is 0 Å². The smallest absolute Gasteiger partial charge is 0.293 e. The minimum absolute atomic E-state index is 0.137. The molecule has 0 heterocycles. The highest BCUT2D eigenvalue weighted by Gasteiger charge is 2.18. The Morgan fingerprint density at radius 1 is 1.07 bits per heavy atom. The van der Waals surface area contributed by atoms with Crippen molar-refractivity contribution in [3.05, 3.63) is 64.2 Å². The number of nitrogens with one attached hydrogen (secondary N) is 2. The number of hydrogen-bond acceptors (Lipinski definition) is 5. The molecule has 0 aliphatic rings. The lowest BCUT2D eigenvalue weighted by molar-refractivity contribution is -0.383. The Hall–Kier alpha value is -2.93. The molecule has 7 nitrogen and oxygen atoms in total. The summed E-state index contributed by atoms with van der Waals surface area (Å²) in [5.41, 5.74) is 1.22. The van der Waals surface area contributed by atoms with E-state index in [9.17, 15) is 14.9 Å². The second-order valence-electron chi connectivity index (χ2n) is 7.16. The van der Waals surface area contributed by atoms with E-state index in [1.54, 1.807) is 12.1 Å². The van der Waals surface area contributed by atoms with Gasteiger partial charge in [0.15, 0.2) is 0 Å². The lowest BCUT2D eigenvalue weighted by Crippen LogP contribution is -2.42. The van der Waals surface area contributed by atoms with Gasteiger partial charge in [-0.05, 0) is 52.0 Å². The van der Waals surface area contributed by atoms with Gasteiger partial charge in [-0.25, -0.2) is 0 Å². The highest BCUT2D eigenvalue weighted by Crippen LogP contribution is 2.28. The van der Waals surface area contributed by atoms with E-state index in [4.69, 9.17) is 0 Å². The summed E-state index contributed by atoms with van der Waals surface area (Å²) in [5.74, 6) is -0.318. The third-order valence-corrected chi connectivity index (χ3v) is 4.49. The molecule has 0 aromatic heterocycles. The SMILES string of the molecule is CC(C)N(CCNC(=O)c1ccc(Nc2ccccc2)c([N+](=O)[O-])c1)C(C)C. The summed E-state index contributed by atoms with van der Waals surface area (Å²) in [7, 11) is 0. The number of anilines is 2. The van der Waals surface area contributed by atoms with E-state index in [2.05, 4.69) is 43.2 Å². The second kappa shape index (κ2) is 9.85. The zero-order valence-corrected chi connectivity index (χ0v) is 16.8. The molecule has 0 aliphatic carbocycles. The maximum Gasteiger partial charge on any atom is 0.293 e. The van der Waals surface area contributed by atoms with Crippen LogP contribution in [0.3, 0.4) is 0 Å². The zero-order chi connectivity index (χ0) is 20.7. The van der Waals surface area contributed by atoms with Gasteiger partial charge in [0.1, 0.15) is 5.69 Å². The van der Waals surface area contributed by atoms with Crippen LogP contribution in [0.5, 0.6) is 0 Å². The highest BCUT2D eigenvalue weighted by atomic mass is 16.6. The van der Waals surface area contributed by atoms with Crippen molar-refractivity contribution < 1.29 is 9.72 Å². The first-order valence-electron chi connectivity index (χ1n) is 9.44. The van der Waals surface area contributed by atoms with Crippen molar-refractivity contribution in [2.75, 3.05) is 18.4 Å². The summed E-state index contributed by atoms with van der Waals surface area (Å²) in [6.07, 6.45) is 0. The third kappa shape index (κ3) is 5.79. The topological polar surface area (TPSA) is 87.5 Å². The van der Waals surface area contributed by atoms with E-state index in [0.29, 0.717) is 24.3 Å². The molecule has 7 heteroatoms. The average molecular weight is 384 g/mol. The Morgan fingerprint density at radius 2 is 1.71 bits per heavy atom. The van der Waals surface area contributed by atoms with Crippen LogP contribution in [-0.4, -0.2) is 40.9 Å². The number of rotatable bonds is 9. The largest absolute Gasteiger partial charge is 0.351 e. The fourth-order valence-electron chi connectivity index (χ4n) is 3.12. The van der Waals surface area contributed by atoms with Crippen molar-refractivity contribution in [2.45, 2.75) is 39.8 Å². The molecular weight excluding hydrogens is 356 g/mol. The number of nitrogens with zero attached hydrogens (tertiary/aromatic N) is 2. The molecular formula is C21H28N4O3. The van der Waals surface area contributed by atoms with Crippen LogP contribution in [0, 0.1) is 10.1 Å². The molecule has 0 spiro atoms. The minimum Gasteiger partial charge on any atom is -0.351 e. The molecule has 1 amide bonds. The predicted molar refractivity (Wildman–Crippen MR) is 112 cm³/mol. The van der Waals surface area contributed by atoms with Gasteiger partial charge in [0, 0.05) is 42.5 Å². The van der Waals surface area contributed by atoms with E-state index in [0.717, 1.165) is 12.2 Å². The maximum absolute atomic E-state index is 12.4. The number of nitro groups is 1. The van der Waals surface area contributed by atoms with Gasteiger partial charge in [0.2, 0.25) is 0 Å². The van der Waals surface area contributed by atoms with Gasteiger partial charge in [0.05, 0.1) is 4.92 Å². The number of nitro benzene ring substituents is 1. The van der Waals surface area contributed by atoms with E-state index < -0.39 is 4.92 Å². The van der Waals surface area contributed by atoms with E-state index in [-0.39, 0.29) is 17.2 Å². The monoisotopic (exact) mass is 384 g/mol. The Kier molecular flexibility index (Phi) is 7.52. The lowest BCUT2D eigenvalue weighted by atomic mass is 10.1. The van der Waals surface area contributed by atoms with Gasteiger partial charge in [-0.1, -0.05) is 18.2 Å². The minimum atomic E-state index is -0.485. The van der Waals surface area contributed by atoms with Gasteiger partial charge in [-0.15, -0.1) is 0 Å². The summed E-state index contributed by atoms with van der Waals surface area (Å²) in [6, 6.07) is 14.4. The van der Waals surface area contributed by atoms with Gasteiger partial charge >= 0.3 is 0 Å². The van der Waals surface area contributed by atoms with Crippen LogP contribution in [-0.2, 0) is 0 Å². The molecule has 28 heavy (non-hydrogen) atoms. The first-order valence-corrected chi connectivity index (χ1v) is 9.44. The fraction of sp³-hybridized carbons (Fsp3) is 0.381. The summed E-state index contributed by atoms with van der Waals surface area (Å²) >= 11 is 0. The average Bonchev–Trinajstić information content (AvgIpc) is 2.65. The number of para-hydroxylation sites is 1. The molecule has 0 fully saturated rings. The van der Waals surface area contributed by atoms with Gasteiger partial charge in [-0.2, -0.15) is 0 Å². The Morgan fingerprint density at radius 3 is 2.29 bits per heavy atom. The first kappa shape index (κ1) is 21.4. The normalized spacial score (nSPS) is 11.1. The van der Waals surface area contributed by atoms with Crippen LogP contribution in [0.15, 0.2) is 48.5 Å². The molecule has 0 saturated heterocycles. The molecule has 0 bridgehead atoms. The number of amides is 1. The molecule has 0 radical (unpaired) electrons. The number of carbonyl (C=O) groups is 1. The molecule has 150 valence electrons. The third-order valence-electron chi connectivity index (χ3n) is 4.49. The van der Waals surface area contributed by atoms with E-state index >= 15 is 0 Å². The quantitative estimate of drug-likeness (QED) is 0.500. The van der Waals surface area contributed by atoms with Crippen molar-refractivity contribution >= 4 is 23.0 Å². The molecule has 0 saturated carbocycles. The Bertz CT molecular complexity index is 799. The van der Waals surface area contributed by atoms with Crippen LogP contribution < -0.4 is 10.6 Å². The number of hydrogen-bond donors (Lipinski definition) is 2. The van der Waals surface area contributed by atoms with Crippen molar-refractivity contribution in [2.24, 2.45) is 0 Å². The lowest BCUT2D eigenvalue weighted by Gasteiger charge is -2.30. The second-order valence-corrected chi connectivity index (χ2v) is 7.16. The summed E-state index contributed by atoms with van der Waals surface area (Å²) in [6.45, 7) is 9.66. The molecule has 2 rings (SSSR count). The van der Waals surface area contributed by atoms with Crippen molar-refractivity contribution in [3.8, 4) is 0 Å². The molecule has 0 atom stereocenters. The van der Waals surface area contributed by atoms with Crippen molar-refractivity contribution in [3.63, 3.8) is 0 Å². The summed E-state index contributed by atoms with van der Waals surface area (Å²) < 4.78 is 0. The highest BCUT2D eigenvalue weighted by molar-refractivity contribution is 5.95. The first-order chi connectivity index (χ1) is 13.3. The van der Waals surface area contributed by atoms with Gasteiger partial charge in [-0.3, -0.25) is 19.8 Å². The standard InChI is InChI=1S/C21H28N4O3/c1-15(2)24(16(3)4)13-12-22-21(26)17-10-11-19(20(14-17)25(27)28)23-18-8-6-5-7-9-18/h5-11,14-16,23H,12-13H2,1-4H3,(H,22,26). The maximum atomic E-state index is 12.4. The number of carbonyl (C=O) groups excluding carboxylic acids is 1. The van der Waals surface area contributed by atoms with Crippen molar-refractivity contribution in [1.82, 2.24) is 10.2 Å². The zero-order valence-electron chi connectivity index (χ0n) is 16.8. The molecule has 2 aromatic rings. The van der Waals surface area contributed by atoms with E-state index in [1.165, 1.54) is 6.07 Å². The van der Waals surface area contributed by atoms with Crippen LogP contribution >= 0.6 is 0 Å². The molecule has 0 unspecified atom stereocenters. The Balaban J connectivity index is 2.08. The van der Waals surface area contributed by atoms with Crippen LogP contribution in [0.1, 0.15) is 38.1 Å². The van der Waals surface area contributed by atoms with E-state index in [1.807, 2.05) is 30.3 Å². The summed E-state index contributed by atoms with van der Waals surface area (Å²) in [5, 5.41) is 17.3. The molecule has 2 aromatic carbocycles. The Labute approximate surface area is 165 Å². The molecule has 2 N–H and O–H groups in total.